The summed E-state index contributed by atoms with van der Waals surface area (Å²) in [4.78, 5) is 0. The molecular formula is C15H23NO. The maximum Gasteiger partial charge on any atom is 0.120 e. The maximum atomic E-state index is 5.74. The molecule has 1 atom stereocenters. The number of rotatable bonds is 6. The van der Waals surface area contributed by atoms with Crippen LogP contribution >= 0.6 is 0 Å². The van der Waals surface area contributed by atoms with Crippen molar-refractivity contribution >= 4 is 0 Å². The van der Waals surface area contributed by atoms with Crippen LogP contribution in [-0.2, 0) is 0 Å². The lowest BCUT2D eigenvalue weighted by molar-refractivity contribution is 0.242. The number of nitrogens with one attached hydrogen (secondary N) is 1. The minimum Gasteiger partial charge on any atom is -0.491 e. The van der Waals surface area contributed by atoms with E-state index in [9.17, 15) is 0 Å². The first kappa shape index (κ1) is 12.4. The van der Waals surface area contributed by atoms with Gasteiger partial charge in [-0.3, -0.25) is 0 Å². The molecule has 94 valence electrons. The van der Waals surface area contributed by atoms with Crippen molar-refractivity contribution in [1.82, 2.24) is 5.32 Å². The van der Waals surface area contributed by atoms with Crippen molar-refractivity contribution in [2.75, 3.05) is 7.05 Å². The van der Waals surface area contributed by atoms with Gasteiger partial charge >= 0.3 is 0 Å². The summed E-state index contributed by atoms with van der Waals surface area (Å²) in [7, 11) is 2.04. The zero-order valence-electron chi connectivity index (χ0n) is 11.1. The molecule has 2 heteroatoms. The molecule has 0 amide bonds. The third-order valence-corrected chi connectivity index (χ3v) is 3.25. The van der Waals surface area contributed by atoms with Gasteiger partial charge in [-0.05, 0) is 50.9 Å². The molecule has 0 spiro atoms. The van der Waals surface area contributed by atoms with E-state index < -0.39 is 0 Å². The van der Waals surface area contributed by atoms with Gasteiger partial charge in [0.2, 0.25) is 0 Å². The van der Waals surface area contributed by atoms with Crippen molar-refractivity contribution in [3.05, 3.63) is 29.8 Å². The van der Waals surface area contributed by atoms with Gasteiger partial charge < -0.3 is 10.1 Å². The molecule has 0 saturated heterocycles. The second kappa shape index (κ2) is 5.54. The van der Waals surface area contributed by atoms with E-state index in [1.807, 2.05) is 13.1 Å². The van der Waals surface area contributed by atoms with Crippen LogP contribution < -0.4 is 10.1 Å². The molecule has 1 aliphatic rings. The fraction of sp³-hybridized carbons (Fsp3) is 0.600. The molecule has 17 heavy (non-hydrogen) atoms. The van der Waals surface area contributed by atoms with E-state index in [-0.39, 0.29) is 6.10 Å². The second-order valence-corrected chi connectivity index (χ2v) is 5.26. The Hall–Kier alpha value is -1.02. The molecular weight excluding hydrogens is 210 g/mol. The Morgan fingerprint density at radius 2 is 2.12 bits per heavy atom. The molecule has 2 rings (SSSR count). The van der Waals surface area contributed by atoms with Gasteiger partial charge in [0.15, 0.2) is 0 Å². The SMILES string of the molecule is CNC(CC1CC1)c1cccc(OC(C)C)c1. The largest absolute Gasteiger partial charge is 0.491 e. The van der Waals surface area contributed by atoms with E-state index >= 15 is 0 Å². The molecule has 0 heterocycles. The summed E-state index contributed by atoms with van der Waals surface area (Å²) in [5, 5.41) is 3.41. The fourth-order valence-corrected chi connectivity index (χ4v) is 2.18. The molecule has 0 aromatic heterocycles. The lowest BCUT2D eigenvalue weighted by Crippen LogP contribution is -2.17. The highest BCUT2D eigenvalue weighted by Crippen LogP contribution is 2.37. The molecule has 1 saturated carbocycles. The van der Waals surface area contributed by atoms with Crippen LogP contribution in [-0.4, -0.2) is 13.2 Å². The Labute approximate surface area is 104 Å². The van der Waals surface area contributed by atoms with Crippen LogP contribution in [0.25, 0.3) is 0 Å². The van der Waals surface area contributed by atoms with Crippen LogP contribution in [0.5, 0.6) is 5.75 Å². The van der Waals surface area contributed by atoms with Crippen LogP contribution in [0.3, 0.4) is 0 Å². The topological polar surface area (TPSA) is 21.3 Å². The third kappa shape index (κ3) is 3.74. The van der Waals surface area contributed by atoms with Crippen molar-refractivity contribution in [1.29, 1.82) is 0 Å². The van der Waals surface area contributed by atoms with Gasteiger partial charge in [0.25, 0.3) is 0 Å². The normalized spacial score (nSPS) is 17.2. The molecule has 2 nitrogen and oxygen atoms in total. The Bertz CT molecular complexity index is 358. The van der Waals surface area contributed by atoms with Gasteiger partial charge in [-0.25, -0.2) is 0 Å². The molecule has 0 bridgehead atoms. The lowest BCUT2D eigenvalue weighted by atomic mass is 10.0. The average molecular weight is 233 g/mol. The first-order chi connectivity index (χ1) is 8.19. The van der Waals surface area contributed by atoms with Crippen LogP contribution in [0.4, 0.5) is 0 Å². The molecule has 1 aromatic carbocycles. The Morgan fingerprint density at radius 3 is 2.71 bits per heavy atom. The maximum absolute atomic E-state index is 5.74. The quantitative estimate of drug-likeness (QED) is 0.811. The predicted molar refractivity (Wildman–Crippen MR) is 71.3 cm³/mol. The number of ether oxygens (including phenoxy) is 1. The first-order valence-corrected chi connectivity index (χ1v) is 6.63. The van der Waals surface area contributed by atoms with Gasteiger partial charge in [-0.1, -0.05) is 25.0 Å². The summed E-state index contributed by atoms with van der Waals surface area (Å²) in [5.74, 6) is 1.91. The minimum atomic E-state index is 0.238. The summed E-state index contributed by atoms with van der Waals surface area (Å²) >= 11 is 0. The van der Waals surface area contributed by atoms with Crippen molar-refractivity contribution in [3.63, 3.8) is 0 Å². The zero-order chi connectivity index (χ0) is 12.3. The number of hydrogen-bond donors (Lipinski definition) is 1. The number of hydrogen-bond acceptors (Lipinski definition) is 2. The van der Waals surface area contributed by atoms with Gasteiger partial charge in [-0.2, -0.15) is 0 Å². The monoisotopic (exact) mass is 233 g/mol. The van der Waals surface area contributed by atoms with Crippen LogP contribution in [0, 0.1) is 5.92 Å². The van der Waals surface area contributed by atoms with Gasteiger partial charge in [0, 0.05) is 6.04 Å². The minimum absolute atomic E-state index is 0.238. The molecule has 1 aromatic rings. The van der Waals surface area contributed by atoms with Crippen molar-refractivity contribution in [3.8, 4) is 5.75 Å². The first-order valence-electron chi connectivity index (χ1n) is 6.63. The molecule has 1 unspecified atom stereocenters. The van der Waals surface area contributed by atoms with E-state index in [2.05, 4.69) is 37.4 Å². The highest BCUT2D eigenvalue weighted by Gasteiger charge is 2.25. The summed E-state index contributed by atoms with van der Waals surface area (Å²) < 4.78 is 5.74. The lowest BCUT2D eigenvalue weighted by Gasteiger charge is -2.18. The molecule has 0 aliphatic heterocycles. The Morgan fingerprint density at radius 1 is 1.35 bits per heavy atom. The number of benzene rings is 1. The molecule has 1 fully saturated rings. The molecule has 1 aliphatic carbocycles. The van der Waals surface area contributed by atoms with E-state index in [4.69, 9.17) is 4.74 Å². The van der Waals surface area contributed by atoms with Crippen LogP contribution in [0.2, 0.25) is 0 Å². The summed E-state index contributed by atoms with van der Waals surface area (Å²) in [6, 6.07) is 8.95. The van der Waals surface area contributed by atoms with E-state index in [1.165, 1.54) is 24.8 Å². The van der Waals surface area contributed by atoms with Gasteiger partial charge in [0.05, 0.1) is 6.10 Å². The highest BCUT2D eigenvalue weighted by atomic mass is 16.5. The standard InChI is InChI=1S/C15H23NO/c1-11(2)17-14-6-4-5-13(10-14)15(16-3)9-12-7-8-12/h4-6,10-12,15-16H,7-9H2,1-3H3. The Balaban J connectivity index is 2.06. The van der Waals surface area contributed by atoms with Crippen molar-refractivity contribution < 1.29 is 4.74 Å². The van der Waals surface area contributed by atoms with Crippen molar-refractivity contribution in [2.24, 2.45) is 5.92 Å². The average Bonchev–Trinajstić information content (AvgIpc) is 3.09. The van der Waals surface area contributed by atoms with Crippen LogP contribution in [0.1, 0.15) is 44.7 Å². The fourth-order valence-electron chi connectivity index (χ4n) is 2.18. The summed E-state index contributed by atoms with van der Waals surface area (Å²) in [5.41, 5.74) is 1.34. The summed E-state index contributed by atoms with van der Waals surface area (Å²) in [6.07, 6.45) is 4.30. The zero-order valence-corrected chi connectivity index (χ0v) is 11.1. The van der Waals surface area contributed by atoms with Crippen LogP contribution in [0.15, 0.2) is 24.3 Å². The predicted octanol–water partition coefficient (Wildman–Crippen LogP) is 3.53. The highest BCUT2D eigenvalue weighted by molar-refractivity contribution is 5.30. The van der Waals surface area contributed by atoms with Crippen molar-refractivity contribution in [2.45, 2.75) is 45.3 Å². The summed E-state index contributed by atoms with van der Waals surface area (Å²) in [6.45, 7) is 4.12. The molecule has 1 N–H and O–H groups in total. The second-order valence-electron chi connectivity index (χ2n) is 5.26. The molecule has 0 radical (unpaired) electrons. The van der Waals surface area contributed by atoms with E-state index in [0.29, 0.717) is 6.04 Å². The van der Waals surface area contributed by atoms with E-state index in [1.54, 1.807) is 0 Å². The van der Waals surface area contributed by atoms with E-state index in [0.717, 1.165) is 11.7 Å². The van der Waals surface area contributed by atoms with Gasteiger partial charge in [-0.15, -0.1) is 0 Å². The smallest absolute Gasteiger partial charge is 0.120 e. The van der Waals surface area contributed by atoms with Gasteiger partial charge in [0.1, 0.15) is 5.75 Å². The third-order valence-electron chi connectivity index (χ3n) is 3.25. The Kier molecular flexibility index (Phi) is 4.06.